The zero-order chi connectivity index (χ0) is 12.5. The van der Waals surface area contributed by atoms with Crippen LogP contribution in [-0.4, -0.2) is 63.8 Å². The van der Waals surface area contributed by atoms with E-state index in [1.54, 1.807) is 7.11 Å². The van der Waals surface area contributed by atoms with Gasteiger partial charge in [0.25, 0.3) is 0 Å². The number of methoxy groups -OCH3 is 1. The summed E-state index contributed by atoms with van der Waals surface area (Å²) in [7, 11) is 3.63. The Morgan fingerprint density at radius 2 is 2.35 bits per heavy atom. The zero-order valence-corrected chi connectivity index (χ0v) is 11.0. The fourth-order valence-electron chi connectivity index (χ4n) is 2.25. The number of hydrogen-bond donors (Lipinski definition) is 2. The van der Waals surface area contributed by atoms with E-state index in [2.05, 4.69) is 15.5 Å². The summed E-state index contributed by atoms with van der Waals surface area (Å²) in [6, 6.07) is 0.518. The van der Waals surface area contributed by atoms with Gasteiger partial charge in [-0.15, -0.1) is 0 Å². The Morgan fingerprint density at radius 1 is 1.53 bits per heavy atom. The lowest BCUT2D eigenvalue weighted by molar-refractivity contribution is -0.122. The molecule has 1 saturated heterocycles. The molecule has 5 nitrogen and oxygen atoms in total. The van der Waals surface area contributed by atoms with Crippen molar-refractivity contribution in [2.45, 2.75) is 25.3 Å². The van der Waals surface area contributed by atoms with E-state index in [1.165, 1.54) is 12.8 Å². The average molecular weight is 243 g/mol. The molecule has 100 valence electrons. The van der Waals surface area contributed by atoms with E-state index in [0.717, 1.165) is 19.5 Å². The van der Waals surface area contributed by atoms with Crippen LogP contribution in [0.5, 0.6) is 0 Å². The Balaban J connectivity index is 2.16. The third kappa shape index (κ3) is 5.48. The SMILES string of the molecule is CNCC1CCCN1CC(=O)NCCCOC. The van der Waals surface area contributed by atoms with Crippen LogP contribution < -0.4 is 10.6 Å². The number of carbonyl (C=O) groups excluding carboxylic acids is 1. The van der Waals surface area contributed by atoms with Gasteiger partial charge in [0.2, 0.25) is 5.91 Å². The summed E-state index contributed by atoms with van der Waals surface area (Å²) in [5.74, 6) is 0.129. The lowest BCUT2D eigenvalue weighted by atomic mass is 10.2. The van der Waals surface area contributed by atoms with Gasteiger partial charge in [0.1, 0.15) is 0 Å². The van der Waals surface area contributed by atoms with E-state index in [0.29, 0.717) is 25.7 Å². The predicted molar refractivity (Wildman–Crippen MR) is 68.0 cm³/mol. The molecule has 1 atom stereocenters. The van der Waals surface area contributed by atoms with Crippen LogP contribution in [0.25, 0.3) is 0 Å². The van der Waals surface area contributed by atoms with E-state index in [1.807, 2.05) is 7.05 Å². The molecule has 1 heterocycles. The molecule has 0 spiro atoms. The van der Waals surface area contributed by atoms with E-state index < -0.39 is 0 Å². The second-order valence-electron chi connectivity index (χ2n) is 4.52. The minimum absolute atomic E-state index is 0.129. The summed E-state index contributed by atoms with van der Waals surface area (Å²) in [4.78, 5) is 14.0. The Bertz CT molecular complexity index is 224. The van der Waals surface area contributed by atoms with Crippen LogP contribution in [0, 0.1) is 0 Å². The van der Waals surface area contributed by atoms with Gasteiger partial charge in [0.05, 0.1) is 6.54 Å². The number of ether oxygens (including phenoxy) is 1. The quantitative estimate of drug-likeness (QED) is 0.581. The number of carbonyl (C=O) groups is 1. The first-order valence-electron chi connectivity index (χ1n) is 6.42. The number of amides is 1. The Labute approximate surface area is 104 Å². The summed E-state index contributed by atoms with van der Waals surface area (Å²) in [5.41, 5.74) is 0. The van der Waals surface area contributed by atoms with Gasteiger partial charge in [0.15, 0.2) is 0 Å². The lowest BCUT2D eigenvalue weighted by Crippen LogP contribution is -2.43. The number of likely N-dealkylation sites (N-methyl/N-ethyl adjacent to an activating group) is 1. The molecule has 1 fully saturated rings. The van der Waals surface area contributed by atoms with Crippen molar-refractivity contribution < 1.29 is 9.53 Å². The fourth-order valence-corrected chi connectivity index (χ4v) is 2.25. The molecular formula is C12H25N3O2. The summed E-state index contributed by atoms with van der Waals surface area (Å²) in [5, 5.41) is 6.11. The third-order valence-electron chi connectivity index (χ3n) is 3.13. The molecule has 1 aliphatic rings. The van der Waals surface area contributed by atoms with E-state index in [4.69, 9.17) is 4.74 Å². The minimum Gasteiger partial charge on any atom is -0.385 e. The molecule has 17 heavy (non-hydrogen) atoms. The lowest BCUT2D eigenvalue weighted by Gasteiger charge is -2.23. The monoisotopic (exact) mass is 243 g/mol. The van der Waals surface area contributed by atoms with Crippen LogP contribution >= 0.6 is 0 Å². The van der Waals surface area contributed by atoms with Crippen molar-refractivity contribution in [2.75, 3.05) is 46.9 Å². The van der Waals surface area contributed by atoms with Gasteiger partial charge in [-0.1, -0.05) is 0 Å². The molecule has 0 saturated carbocycles. The molecule has 0 bridgehead atoms. The van der Waals surface area contributed by atoms with Crippen molar-refractivity contribution in [2.24, 2.45) is 0 Å². The van der Waals surface area contributed by atoms with Crippen molar-refractivity contribution in [1.82, 2.24) is 15.5 Å². The molecule has 0 aliphatic carbocycles. The van der Waals surface area contributed by atoms with Gasteiger partial charge in [-0.05, 0) is 32.9 Å². The normalized spacial score (nSPS) is 20.7. The maximum absolute atomic E-state index is 11.7. The first-order valence-corrected chi connectivity index (χ1v) is 6.42. The van der Waals surface area contributed by atoms with E-state index >= 15 is 0 Å². The van der Waals surface area contributed by atoms with Crippen LogP contribution in [-0.2, 0) is 9.53 Å². The van der Waals surface area contributed by atoms with Crippen LogP contribution in [0.3, 0.4) is 0 Å². The summed E-state index contributed by atoms with van der Waals surface area (Å²) in [6.07, 6.45) is 3.27. The van der Waals surface area contributed by atoms with Crippen molar-refractivity contribution >= 4 is 5.91 Å². The Morgan fingerprint density at radius 3 is 3.06 bits per heavy atom. The molecule has 0 radical (unpaired) electrons. The molecule has 1 unspecified atom stereocenters. The highest BCUT2D eigenvalue weighted by Crippen LogP contribution is 2.15. The maximum atomic E-state index is 11.7. The summed E-state index contributed by atoms with van der Waals surface area (Å²) < 4.78 is 4.94. The van der Waals surface area contributed by atoms with E-state index in [9.17, 15) is 4.79 Å². The highest BCUT2D eigenvalue weighted by atomic mass is 16.5. The standard InChI is InChI=1S/C12H25N3O2/c1-13-9-11-5-3-7-15(11)10-12(16)14-6-4-8-17-2/h11,13H,3-10H2,1-2H3,(H,14,16). The number of nitrogens with one attached hydrogen (secondary N) is 2. The van der Waals surface area contributed by atoms with Gasteiger partial charge >= 0.3 is 0 Å². The number of rotatable bonds is 8. The topological polar surface area (TPSA) is 53.6 Å². The Kier molecular flexibility index (Phi) is 7.16. The molecule has 5 heteroatoms. The molecule has 1 aliphatic heterocycles. The molecule has 0 aromatic carbocycles. The van der Waals surface area contributed by atoms with E-state index in [-0.39, 0.29) is 5.91 Å². The van der Waals surface area contributed by atoms with Crippen molar-refractivity contribution in [3.63, 3.8) is 0 Å². The second kappa shape index (κ2) is 8.44. The van der Waals surface area contributed by atoms with Gasteiger partial charge < -0.3 is 15.4 Å². The summed E-state index contributed by atoms with van der Waals surface area (Å²) >= 11 is 0. The second-order valence-corrected chi connectivity index (χ2v) is 4.52. The Hall–Kier alpha value is -0.650. The van der Waals surface area contributed by atoms with Crippen LogP contribution in [0.1, 0.15) is 19.3 Å². The van der Waals surface area contributed by atoms with Crippen molar-refractivity contribution in [3.05, 3.63) is 0 Å². The highest BCUT2D eigenvalue weighted by Gasteiger charge is 2.25. The van der Waals surface area contributed by atoms with Gasteiger partial charge in [-0.25, -0.2) is 0 Å². The van der Waals surface area contributed by atoms with Crippen LogP contribution in [0.4, 0.5) is 0 Å². The van der Waals surface area contributed by atoms with Gasteiger partial charge in [-0.3, -0.25) is 9.69 Å². The molecule has 2 N–H and O–H groups in total. The summed E-state index contributed by atoms with van der Waals surface area (Å²) in [6.45, 7) is 3.94. The average Bonchev–Trinajstić information content (AvgIpc) is 2.73. The first-order chi connectivity index (χ1) is 8.27. The zero-order valence-electron chi connectivity index (χ0n) is 11.0. The number of nitrogens with zero attached hydrogens (tertiary/aromatic N) is 1. The molecule has 1 amide bonds. The predicted octanol–water partition coefficient (Wildman–Crippen LogP) is -0.177. The molecule has 1 rings (SSSR count). The molecule has 0 aromatic heterocycles. The molecule has 0 aromatic rings. The fraction of sp³-hybridized carbons (Fsp3) is 0.917. The third-order valence-corrected chi connectivity index (χ3v) is 3.13. The number of hydrogen-bond acceptors (Lipinski definition) is 4. The van der Waals surface area contributed by atoms with Gasteiger partial charge in [0, 0.05) is 32.8 Å². The van der Waals surface area contributed by atoms with Crippen molar-refractivity contribution in [3.8, 4) is 0 Å². The van der Waals surface area contributed by atoms with Crippen LogP contribution in [0.15, 0.2) is 0 Å². The largest absolute Gasteiger partial charge is 0.385 e. The smallest absolute Gasteiger partial charge is 0.234 e. The number of likely N-dealkylation sites (tertiary alicyclic amines) is 1. The molecular weight excluding hydrogens is 218 g/mol. The van der Waals surface area contributed by atoms with Gasteiger partial charge in [-0.2, -0.15) is 0 Å². The first kappa shape index (κ1) is 14.4. The van der Waals surface area contributed by atoms with Crippen LogP contribution in [0.2, 0.25) is 0 Å². The maximum Gasteiger partial charge on any atom is 0.234 e. The van der Waals surface area contributed by atoms with Crippen molar-refractivity contribution in [1.29, 1.82) is 0 Å². The minimum atomic E-state index is 0.129. The highest BCUT2D eigenvalue weighted by molar-refractivity contribution is 5.78.